The summed E-state index contributed by atoms with van der Waals surface area (Å²) in [6.45, 7) is 0. The largest absolute Gasteiger partial charge is 0.309 e. The number of pyridine rings is 1. The summed E-state index contributed by atoms with van der Waals surface area (Å²) >= 11 is 0. The topological polar surface area (TPSA) is 61.8 Å². The van der Waals surface area contributed by atoms with Gasteiger partial charge in [-0.25, -0.2) is 9.55 Å². The second kappa shape index (κ2) is 10.4. The molecule has 0 amide bonds. The molecule has 0 saturated carbocycles. The first-order valence-electron chi connectivity index (χ1n) is 16.2. The van der Waals surface area contributed by atoms with E-state index in [1.165, 1.54) is 4.57 Å². The molecule has 0 fully saturated rings. The van der Waals surface area contributed by atoms with Crippen LogP contribution in [0.1, 0.15) is 0 Å². The third kappa shape index (κ3) is 3.92. The number of fused-ring (bicyclic) bond motifs is 9. The Balaban J connectivity index is 1.47. The zero-order valence-corrected chi connectivity index (χ0v) is 26.1. The molecule has 0 radical (unpaired) electrons. The first kappa shape index (κ1) is 27.3. The average Bonchev–Trinajstić information content (AvgIpc) is 3.64. The first-order chi connectivity index (χ1) is 24.2. The van der Waals surface area contributed by atoms with Crippen molar-refractivity contribution in [3.05, 3.63) is 179 Å². The van der Waals surface area contributed by atoms with Gasteiger partial charge >= 0.3 is 0 Å². The van der Waals surface area contributed by atoms with Crippen molar-refractivity contribution < 1.29 is 0 Å². The minimum Gasteiger partial charge on any atom is -0.309 e. The molecule has 49 heavy (non-hydrogen) atoms. The molecule has 6 aromatic carbocycles. The molecule has 0 unspecified atom stereocenters. The van der Waals surface area contributed by atoms with E-state index in [4.69, 9.17) is 0 Å². The highest BCUT2D eigenvalue weighted by molar-refractivity contribution is 6.21. The summed E-state index contributed by atoms with van der Waals surface area (Å²) in [5, 5.41) is 6.33. The molecular weight excluding hydrogens is 604 g/mol. The van der Waals surface area contributed by atoms with Gasteiger partial charge in [0.1, 0.15) is 5.82 Å². The van der Waals surface area contributed by atoms with Crippen molar-refractivity contribution in [1.29, 1.82) is 0 Å². The van der Waals surface area contributed by atoms with Crippen molar-refractivity contribution in [2.75, 3.05) is 0 Å². The number of para-hydroxylation sites is 4. The predicted molar refractivity (Wildman–Crippen MR) is 200 cm³/mol. The van der Waals surface area contributed by atoms with Gasteiger partial charge in [-0.05, 0) is 83.6 Å². The Labute approximate surface area is 279 Å². The summed E-state index contributed by atoms with van der Waals surface area (Å²) in [5.74, 6) is 0.284. The lowest BCUT2D eigenvalue weighted by molar-refractivity contribution is 0.928. The predicted octanol–water partition coefficient (Wildman–Crippen LogP) is 9.09. The van der Waals surface area contributed by atoms with E-state index in [9.17, 15) is 9.59 Å². The fourth-order valence-corrected chi connectivity index (χ4v) is 7.57. The molecule has 6 heteroatoms. The van der Waals surface area contributed by atoms with E-state index in [1.54, 1.807) is 24.4 Å². The monoisotopic (exact) mass is 630 g/mol. The number of benzene rings is 6. The lowest BCUT2D eigenvalue weighted by atomic mass is 10.0. The average molecular weight is 631 g/mol. The maximum Gasteiger partial charge on any atom is 0.267 e. The van der Waals surface area contributed by atoms with Gasteiger partial charge in [0.25, 0.3) is 11.1 Å². The van der Waals surface area contributed by atoms with E-state index < -0.39 is 11.1 Å². The van der Waals surface area contributed by atoms with Gasteiger partial charge in [0.05, 0.1) is 27.5 Å². The molecule has 10 rings (SSSR count). The Kier molecular flexibility index (Phi) is 5.78. The highest BCUT2D eigenvalue weighted by atomic mass is 16.2. The number of nitrogens with zero attached hydrogens (tertiary/aromatic N) is 4. The van der Waals surface area contributed by atoms with Crippen LogP contribution in [-0.4, -0.2) is 18.7 Å². The van der Waals surface area contributed by atoms with Crippen molar-refractivity contribution in [2.24, 2.45) is 0 Å². The van der Waals surface area contributed by atoms with E-state index in [2.05, 4.69) is 74.8 Å². The van der Waals surface area contributed by atoms with E-state index >= 15 is 0 Å². The normalized spacial score (nSPS) is 11.8. The standard InChI is InChI=1S/C43H26N4O2/c48-42-35-24-34-30-18-8-10-20-38(30)45(27-13-3-1-4-14-27)39(34)25-32(35)31-23-33-29-17-7-9-19-37(29)46(28-15-5-2-6-16-28)40(33)26-36(31)43(49)47(42)41-21-11-12-22-44-41/h1-26H. The molecule has 0 aliphatic heterocycles. The summed E-state index contributed by atoms with van der Waals surface area (Å²) in [4.78, 5) is 34.0. The van der Waals surface area contributed by atoms with Crippen LogP contribution in [0.3, 0.4) is 0 Å². The zero-order valence-electron chi connectivity index (χ0n) is 26.1. The molecule has 10 aromatic rings. The Morgan fingerprint density at radius 3 is 1.35 bits per heavy atom. The van der Waals surface area contributed by atoms with Crippen LogP contribution in [0.15, 0.2) is 167 Å². The smallest absolute Gasteiger partial charge is 0.267 e. The van der Waals surface area contributed by atoms with Crippen molar-refractivity contribution >= 4 is 65.2 Å². The Hall–Kier alpha value is -6.79. The van der Waals surface area contributed by atoms with E-state index in [-0.39, 0.29) is 5.82 Å². The highest BCUT2D eigenvalue weighted by Crippen LogP contribution is 2.38. The first-order valence-corrected chi connectivity index (χ1v) is 16.2. The van der Waals surface area contributed by atoms with Crippen LogP contribution in [-0.2, 0) is 0 Å². The van der Waals surface area contributed by atoms with Gasteiger partial charge in [0.15, 0.2) is 0 Å². The number of rotatable bonds is 3. The fourth-order valence-electron chi connectivity index (χ4n) is 7.57. The Morgan fingerprint density at radius 2 is 0.796 bits per heavy atom. The van der Waals surface area contributed by atoms with Gasteiger partial charge in [-0.2, -0.15) is 0 Å². The third-order valence-corrected chi connectivity index (χ3v) is 9.69. The molecule has 0 aliphatic rings. The van der Waals surface area contributed by atoms with Crippen LogP contribution in [0.4, 0.5) is 0 Å². The second-order valence-corrected chi connectivity index (χ2v) is 12.3. The molecule has 0 aliphatic carbocycles. The third-order valence-electron chi connectivity index (χ3n) is 9.69. The van der Waals surface area contributed by atoms with Crippen LogP contribution >= 0.6 is 0 Å². The number of aromatic nitrogens is 4. The van der Waals surface area contributed by atoms with Gasteiger partial charge in [-0.1, -0.05) is 78.9 Å². The molecule has 0 atom stereocenters. The summed E-state index contributed by atoms with van der Waals surface area (Å²) in [6.07, 6.45) is 1.61. The van der Waals surface area contributed by atoms with Crippen LogP contribution < -0.4 is 11.1 Å². The van der Waals surface area contributed by atoms with Crippen molar-refractivity contribution in [1.82, 2.24) is 18.7 Å². The molecule has 230 valence electrons. The van der Waals surface area contributed by atoms with Crippen LogP contribution in [0, 0.1) is 0 Å². The summed E-state index contributed by atoms with van der Waals surface area (Å²) < 4.78 is 5.65. The molecule has 4 aromatic heterocycles. The summed E-state index contributed by atoms with van der Waals surface area (Å²) in [7, 11) is 0. The van der Waals surface area contributed by atoms with Gasteiger partial charge in [-0.15, -0.1) is 0 Å². The maximum atomic E-state index is 14.8. The second-order valence-electron chi connectivity index (χ2n) is 12.3. The quantitative estimate of drug-likeness (QED) is 0.196. The summed E-state index contributed by atoms with van der Waals surface area (Å²) in [5.41, 5.74) is 5.09. The molecule has 0 saturated heterocycles. The fraction of sp³-hybridized carbons (Fsp3) is 0. The van der Waals surface area contributed by atoms with Crippen LogP contribution in [0.2, 0.25) is 0 Å². The Bertz CT molecular complexity index is 3070. The summed E-state index contributed by atoms with van der Waals surface area (Å²) in [6, 6.07) is 50.3. The molecule has 6 nitrogen and oxygen atoms in total. The van der Waals surface area contributed by atoms with Crippen molar-refractivity contribution in [2.45, 2.75) is 0 Å². The van der Waals surface area contributed by atoms with E-state index in [1.807, 2.05) is 72.8 Å². The van der Waals surface area contributed by atoms with Crippen LogP contribution in [0.5, 0.6) is 0 Å². The maximum absolute atomic E-state index is 14.8. The SMILES string of the molecule is O=c1c2cc3c(cc2c2cc4c(cc2c(=O)n1-c1ccccn1)c1ccccc1n4-c1ccccc1)c1ccccc1n3-c1ccccc1. The lowest BCUT2D eigenvalue weighted by Crippen LogP contribution is -2.29. The Morgan fingerprint density at radius 1 is 0.347 bits per heavy atom. The molecule has 4 heterocycles. The van der Waals surface area contributed by atoms with Gasteiger partial charge < -0.3 is 9.13 Å². The van der Waals surface area contributed by atoms with E-state index in [0.29, 0.717) is 21.5 Å². The number of hydrogen-bond acceptors (Lipinski definition) is 3. The van der Waals surface area contributed by atoms with Crippen molar-refractivity contribution in [3.8, 4) is 17.2 Å². The molecule has 0 N–H and O–H groups in total. The molecule has 0 bridgehead atoms. The molecular formula is C43H26N4O2. The zero-order chi connectivity index (χ0) is 32.6. The van der Waals surface area contributed by atoms with E-state index in [0.717, 1.165) is 55.0 Å². The van der Waals surface area contributed by atoms with Gasteiger partial charge in [0.2, 0.25) is 0 Å². The van der Waals surface area contributed by atoms with Gasteiger partial charge in [0, 0.05) is 44.5 Å². The molecule has 0 spiro atoms. The minimum atomic E-state index is -0.415. The lowest BCUT2D eigenvalue weighted by Gasteiger charge is -2.09. The highest BCUT2D eigenvalue weighted by Gasteiger charge is 2.21. The number of hydrogen-bond donors (Lipinski definition) is 0. The minimum absolute atomic E-state index is 0.284. The van der Waals surface area contributed by atoms with Crippen molar-refractivity contribution in [3.63, 3.8) is 0 Å². The van der Waals surface area contributed by atoms with Gasteiger partial charge in [-0.3, -0.25) is 9.59 Å². The van der Waals surface area contributed by atoms with Crippen LogP contribution in [0.25, 0.3) is 82.3 Å².